The zero-order valence-electron chi connectivity index (χ0n) is 17.4. The highest BCUT2D eigenvalue weighted by Gasteiger charge is 2.34. The number of thioether (sulfide) groups is 2. The number of rotatable bonds is 4. The largest absolute Gasteiger partial charge is 0.273 e. The molecule has 0 saturated carbocycles. The molecule has 0 fully saturated rings. The molecule has 2 amide bonds. The summed E-state index contributed by atoms with van der Waals surface area (Å²) in [4.78, 5) is 30.2. The maximum Gasteiger partial charge on any atom is 0.253 e. The topological polar surface area (TPSA) is 77.7 Å². The van der Waals surface area contributed by atoms with Crippen molar-refractivity contribution in [3.8, 4) is 0 Å². The predicted octanol–water partition coefficient (Wildman–Crippen LogP) is 4.46. The van der Waals surface area contributed by atoms with Crippen LogP contribution in [0.5, 0.6) is 0 Å². The molecule has 1 aromatic carbocycles. The highest BCUT2D eigenvalue weighted by atomic mass is 32.2. The monoisotopic (exact) mass is 483 g/mol. The highest BCUT2D eigenvalue weighted by molar-refractivity contribution is 8.45. The second-order valence-corrected chi connectivity index (χ2v) is 10.8. The number of aryl methyl sites for hydroxylation is 1. The number of hydrazone groups is 2. The van der Waals surface area contributed by atoms with E-state index in [0.717, 1.165) is 26.9 Å². The molecule has 2 aromatic rings. The van der Waals surface area contributed by atoms with Crippen molar-refractivity contribution in [2.75, 3.05) is 12.3 Å². The Morgan fingerprint density at radius 1 is 1.22 bits per heavy atom. The van der Waals surface area contributed by atoms with Gasteiger partial charge in [0, 0.05) is 19.4 Å². The first-order valence-corrected chi connectivity index (χ1v) is 13.0. The SMILES string of the molecule is Cc1ccc([C@H]2CC(c3cccs3)=NN2C(=O)CSC2=NN3CCCC(=O)N=C3S2)cc1. The number of thiophene rings is 1. The van der Waals surface area contributed by atoms with Crippen molar-refractivity contribution in [3.63, 3.8) is 0 Å². The maximum atomic E-state index is 13.2. The molecule has 0 aliphatic carbocycles. The molecule has 32 heavy (non-hydrogen) atoms. The van der Waals surface area contributed by atoms with Crippen molar-refractivity contribution in [1.82, 2.24) is 10.0 Å². The summed E-state index contributed by atoms with van der Waals surface area (Å²) in [5.74, 6) is 0.0568. The van der Waals surface area contributed by atoms with E-state index in [1.165, 1.54) is 29.1 Å². The molecule has 164 valence electrons. The summed E-state index contributed by atoms with van der Waals surface area (Å²) in [7, 11) is 0. The molecule has 0 N–H and O–H groups in total. The molecule has 3 aliphatic heterocycles. The molecule has 5 rings (SSSR count). The van der Waals surface area contributed by atoms with Crippen LogP contribution in [-0.4, -0.2) is 49.4 Å². The van der Waals surface area contributed by atoms with Crippen LogP contribution in [0.2, 0.25) is 0 Å². The van der Waals surface area contributed by atoms with Crippen LogP contribution < -0.4 is 0 Å². The summed E-state index contributed by atoms with van der Waals surface area (Å²) >= 11 is 4.37. The third-order valence-electron chi connectivity index (χ3n) is 5.34. The third-order valence-corrected chi connectivity index (χ3v) is 8.32. The first kappa shape index (κ1) is 21.4. The van der Waals surface area contributed by atoms with Crippen LogP contribution in [-0.2, 0) is 9.59 Å². The van der Waals surface area contributed by atoms with E-state index in [9.17, 15) is 9.59 Å². The fourth-order valence-corrected chi connectivity index (χ4v) is 6.26. The van der Waals surface area contributed by atoms with Gasteiger partial charge in [-0.1, -0.05) is 47.7 Å². The van der Waals surface area contributed by atoms with Crippen LogP contribution in [0.25, 0.3) is 0 Å². The van der Waals surface area contributed by atoms with Gasteiger partial charge in [0.15, 0.2) is 9.54 Å². The second-order valence-electron chi connectivity index (χ2n) is 7.66. The van der Waals surface area contributed by atoms with Gasteiger partial charge in [-0.2, -0.15) is 15.2 Å². The molecule has 1 aromatic heterocycles. The minimum absolute atomic E-state index is 0.0597. The van der Waals surface area contributed by atoms with Crippen molar-refractivity contribution in [2.24, 2.45) is 15.2 Å². The van der Waals surface area contributed by atoms with E-state index in [2.05, 4.69) is 41.3 Å². The lowest BCUT2D eigenvalue weighted by atomic mass is 10.00. The van der Waals surface area contributed by atoms with Crippen molar-refractivity contribution in [2.45, 2.75) is 32.2 Å². The first-order chi connectivity index (χ1) is 15.6. The molecule has 3 aliphatic rings. The van der Waals surface area contributed by atoms with Gasteiger partial charge in [-0.25, -0.2) is 10.0 Å². The van der Waals surface area contributed by atoms with Crippen LogP contribution >= 0.6 is 34.9 Å². The summed E-state index contributed by atoms with van der Waals surface area (Å²) in [5, 5.41) is 15.3. The number of amides is 2. The minimum atomic E-state index is -0.115. The van der Waals surface area contributed by atoms with Crippen molar-refractivity contribution in [3.05, 3.63) is 57.8 Å². The quantitative estimate of drug-likeness (QED) is 0.642. The molecular weight excluding hydrogens is 462 g/mol. The number of fused-ring (bicyclic) bond motifs is 1. The fourth-order valence-electron chi connectivity index (χ4n) is 3.69. The molecule has 0 unspecified atom stereocenters. The van der Waals surface area contributed by atoms with Crippen LogP contribution in [0.4, 0.5) is 0 Å². The first-order valence-electron chi connectivity index (χ1n) is 10.3. The molecule has 0 saturated heterocycles. The van der Waals surface area contributed by atoms with Gasteiger partial charge in [-0.05, 0) is 42.1 Å². The lowest BCUT2D eigenvalue weighted by molar-refractivity contribution is -0.130. The number of hydrogen-bond donors (Lipinski definition) is 0. The average molecular weight is 484 g/mol. The van der Waals surface area contributed by atoms with E-state index in [1.54, 1.807) is 21.4 Å². The van der Waals surface area contributed by atoms with Gasteiger partial charge in [-0.3, -0.25) is 9.59 Å². The summed E-state index contributed by atoms with van der Waals surface area (Å²) in [6.07, 6.45) is 1.89. The van der Waals surface area contributed by atoms with Gasteiger partial charge >= 0.3 is 0 Å². The molecule has 4 heterocycles. The van der Waals surface area contributed by atoms with Crippen molar-refractivity contribution in [1.29, 1.82) is 0 Å². The Bertz CT molecular complexity index is 1120. The van der Waals surface area contributed by atoms with Crippen molar-refractivity contribution >= 4 is 61.9 Å². The molecule has 1 atom stereocenters. The van der Waals surface area contributed by atoms with Crippen molar-refractivity contribution < 1.29 is 9.59 Å². The van der Waals surface area contributed by atoms with Gasteiger partial charge in [0.1, 0.15) is 0 Å². The minimum Gasteiger partial charge on any atom is -0.273 e. The Morgan fingerprint density at radius 2 is 2.06 bits per heavy atom. The Hall–Kier alpha value is -2.43. The summed E-state index contributed by atoms with van der Waals surface area (Å²) in [6.45, 7) is 2.73. The van der Waals surface area contributed by atoms with E-state index in [0.29, 0.717) is 24.6 Å². The lowest BCUT2D eigenvalue weighted by Crippen LogP contribution is -2.28. The Morgan fingerprint density at radius 3 is 2.84 bits per heavy atom. The average Bonchev–Trinajstić information content (AvgIpc) is 3.51. The van der Waals surface area contributed by atoms with Gasteiger partial charge in [0.05, 0.1) is 22.4 Å². The number of carbonyl (C=O) groups excluding carboxylic acids is 2. The highest BCUT2D eigenvalue weighted by Crippen LogP contribution is 2.35. The number of nitrogens with zero attached hydrogens (tertiary/aromatic N) is 5. The van der Waals surface area contributed by atoms with E-state index < -0.39 is 0 Å². The van der Waals surface area contributed by atoms with Crippen LogP contribution in [0.3, 0.4) is 0 Å². The smallest absolute Gasteiger partial charge is 0.253 e. The van der Waals surface area contributed by atoms with E-state index in [-0.39, 0.29) is 23.6 Å². The van der Waals surface area contributed by atoms with E-state index in [4.69, 9.17) is 5.10 Å². The lowest BCUT2D eigenvalue weighted by Gasteiger charge is -2.22. The Labute approximate surface area is 198 Å². The summed E-state index contributed by atoms with van der Waals surface area (Å²) in [5.41, 5.74) is 3.21. The molecule has 0 bridgehead atoms. The molecule has 0 spiro atoms. The molecule has 7 nitrogen and oxygen atoms in total. The normalized spacial score (nSPS) is 20.6. The van der Waals surface area contributed by atoms with Gasteiger partial charge in [0.25, 0.3) is 5.91 Å². The van der Waals surface area contributed by atoms with Crippen LogP contribution in [0.15, 0.2) is 57.0 Å². The molecular formula is C22H21N5O2S3. The number of carbonyl (C=O) groups is 2. The maximum absolute atomic E-state index is 13.2. The third kappa shape index (κ3) is 4.53. The zero-order valence-corrected chi connectivity index (χ0v) is 19.9. The Balaban J connectivity index is 1.31. The number of amidine groups is 1. The number of benzene rings is 1. The number of hydrogen-bond acceptors (Lipinski definition) is 8. The number of aliphatic imine (C=N–C) groups is 1. The van der Waals surface area contributed by atoms with Gasteiger partial charge in [0.2, 0.25) is 5.91 Å². The van der Waals surface area contributed by atoms with Crippen LogP contribution in [0.1, 0.15) is 41.3 Å². The standard InChI is InChI=1S/C22H21N5O2S3/c1-14-6-8-15(9-7-14)17-12-16(18-4-3-11-30-18)24-27(17)20(29)13-31-22-25-26-10-2-5-19(28)23-21(26)32-22/h3-4,6-9,11,17H,2,5,10,12-13H2,1H3/t17-/m1/s1. The van der Waals surface area contributed by atoms with Gasteiger partial charge < -0.3 is 0 Å². The summed E-state index contributed by atoms with van der Waals surface area (Å²) < 4.78 is 0.736. The predicted molar refractivity (Wildman–Crippen MR) is 132 cm³/mol. The Kier molecular flexibility index (Phi) is 6.16. The molecule has 0 radical (unpaired) electrons. The van der Waals surface area contributed by atoms with E-state index >= 15 is 0 Å². The second kappa shape index (κ2) is 9.21. The van der Waals surface area contributed by atoms with Crippen LogP contribution in [0, 0.1) is 6.92 Å². The van der Waals surface area contributed by atoms with Gasteiger partial charge in [-0.15, -0.1) is 11.3 Å². The molecule has 10 heteroatoms. The summed E-state index contributed by atoms with van der Waals surface area (Å²) in [6, 6.07) is 12.2. The fraction of sp³-hybridized carbons (Fsp3) is 0.318. The zero-order chi connectivity index (χ0) is 22.1. The van der Waals surface area contributed by atoms with E-state index in [1.807, 2.05) is 17.5 Å².